The highest BCUT2D eigenvalue weighted by molar-refractivity contribution is 6.05. The fourth-order valence-electron chi connectivity index (χ4n) is 3.60. The maximum Gasteiger partial charge on any atom is 0.258 e. The van der Waals surface area contributed by atoms with E-state index in [9.17, 15) is 4.79 Å². The number of ketones is 1. The highest BCUT2D eigenvalue weighted by Gasteiger charge is 2.35. The van der Waals surface area contributed by atoms with Gasteiger partial charge in [0, 0.05) is 35.0 Å². The molecule has 0 amide bonds. The van der Waals surface area contributed by atoms with Gasteiger partial charge in [0.15, 0.2) is 5.78 Å². The second-order valence-corrected chi connectivity index (χ2v) is 6.97. The predicted molar refractivity (Wildman–Crippen MR) is 105 cm³/mol. The number of Topliss-reactive ketones (excluding diaryl/α,β-unsaturated/α-hetero) is 1. The molecule has 7 nitrogen and oxygen atoms in total. The van der Waals surface area contributed by atoms with Crippen molar-refractivity contribution in [1.82, 2.24) is 15.1 Å². The molecule has 0 bridgehead atoms. The number of rotatable bonds is 5. The van der Waals surface area contributed by atoms with Crippen LogP contribution in [0.4, 0.5) is 5.69 Å². The monoisotopic (exact) mass is 378 g/mol. The Labute approximate surface area is 163 Å². The SMILES string of the molecule is CCC1(CC)CC(=O)c2cc(-c3nc(-c4ccncc4OC)no3)ccc2N1. The summed E-state index contributed by atoms with van der Waals surface area (Å²) in [6.45, 7) is 4.22. The van der Waals surface area contributed by atoms with Crippen molar-refractivity contribution in [3.05, 3.63) is 42.2 Å². The minimum absolute atomic E-state index is 0.134. The van der Waals surface area contributed by atoms with Crippen LogP contribution in [-0.2, 0) is 0 Å². The number of carbonyl (C=O) groups is 1. The molecule has 0 spiro atoms. The molecule has 28 heavy (non-hydrogen) atoms. The number of hydrogen-bond acceptors (Lipinski definition) is 7. The fraction of sp³-hybridized carbons (Fsp3) is 0.333. The molecule has 1 N–H and O–H groups in total. The summed E-state index contributed by atoms with van der Waals surface area (Å²) in [6.07, 6.45) is 5.53. The van der Waals surface area contributed by atoms with Crippen LogP contribution in [0.25, 0.3) is 22.8 Å². The Bertz CT molecular complexity index is 1020. The summed E-state index contributed by atoms with van der Waals surface area (Å²) in [5, 5.41) is 7.61. The lowest BCUT2D eigenvalue weighted by Crippen LogP contribution is -2.43. The number of aromatic nitrogens is 3. The zero-order chi connectivity index (χ0) is 19.7. The average molecular weight is 378 g/mol. The summed E-state index contributed by atoms with van der Waals surface area (Å²) in [4.78, 5) is 21.3. The summed E-state index contributed by atoms with van der Waals surface area (Å²) in [5.74, 6) is 1.46. The van der Waals surface area contributed by atoms with E-state index in [0.29, 0.717) is 40.6 Å². The van der Waals surface area contributed by atoms with Gasteiger partial charge in [0.2, 0.25) is 5.82 Å². The van der Waals surface area contributed by atoms with Crippen LogP contribution in [-0.4, -0.2) is 33.6 Å². The van der Waals surface area contributed by atoms with Gasteiger partial charge in [0.05, 0.1) is 18.9 Å². The van der Waals surface area contributed by atoms with Crippen LogP contribution in [0.2, 0.25) is 0 Å². The van der Waals surface area contributed by atoms with Crippen molar-refractivity contribution < 1.29 is 14.1 Å². The number of fused-ring (bicyclic) bond motifs is 1. The van der Waals surface area contributed by atoms with E-state index in [0.717, 1.165) is 18.5 Å². The minimum atomic E-state index is -0.166. The van der Waals surface area contributed by atoms with Gasteiger partial charge in [-0.05, 0) is 37.1 Å². The molecule has 3 heterocycles. The lowest BCUT2D eigenvalue weighted by molar-refractivity contribution is 0.0946. The van der Waals surface area contributed by atoms with Crippen molar-refractivity contribution >= 4 is 11.5 Å². The van der Waals surface area contributed by atoms with E-state index >= 15 is 0 Å². The molecule has 0 atom stereocenters. The summed E-state index contributed by atoms with van der Waals surface area (Å²) in [5.41, 5.74) is 2.76. The third-order valence-electron chi connectivity index (χ3n) is 5.49. The molecule has 0 saturated heterocycles. The molecule has 7 heteroatoms. The molecule has 0 radical (unpaired) electrons. The molecular formula is C21H22N4O3. The lowest BCUT2D eigenvalue weighted by Gasteiger charge is -2.38. The first-order chi connectivity index (χ1) is 13.6. The summed E-state index contributed by atoms with van der Waals surface area (Å²) < 4.78 is 10.8. The van der Waals surface area contributed by atoms with Gasteiger partial charge in [-0.15, -0.1) is 0 Å². The van der Waals surface area contributed by atoms with E-state index in [1.165, 1.54) is 0 Å². The largest absolute Gasteiger partial charge is 0.494 e. The molecular weight excluding hydrogens is 356 g/mol. The Morgan fingerprint density at radius 2 is 2.04 bits per heavy atom. The number of pyridine rings is 1. The predicted octanol–water partition coefficient (Wildman–Crippen LogP) is 4.36. The van der Waals surface area contributed by atoms with Crippen LogP contribution >= 0.6 is 0 Å². The first-order valence-corrected chi connectivity index (χ1v) is 9.37. The molecule has 4 rings (SSSR count). The molecule has 0 saturated carbocycles. The Hall–Kier alpha value is -3.22. The Balaban J connectivity index is 1.68. The summed E-state index contributed by atoms with van der Waals surface area (Å²) in [7, 11) is 1.57. The van der Waals surface area contributed by atoms with E-state index in [2.05, 4.69) is 34.3 Å². The van der Waals surface area contributed by atoms with Crippen molar-refractivity contribution in [3.63, 3.8) is 0 Å². The molecule has 1 aliphatic rings. The number of anilines is 1. The van der Waals surface area contributed by atoms with Gasteiger partial charge in [-0.1, -0.05) is 19.0 Å². The average Bonchev–Trinajstić information content (AvgIpc) is 3.23. The van der Waals surface area contributed by atoms with E-state index in [4.69, 9.17) is 9.26 Å². The van der Waals surface area contributed by atoms with Crippen molar-refractivity contribution in [2.45, 2.75) is 38.6 Å². The van der Waals surface area contributed by atoms with Crippen molar-refractivity contribution in [1.29, 1.82) is 0 Å². The zero-order valence-electron chi connectivity index (χ0n) is 16.2. The smallest absolute Gasteiger partial charge is 0.258 e. The van der Waals surface area contributed by atoms with Gasteiger partial charge in [-0.25, -0.2) is 0 Å². The number of nitrogens with zero attached hydrogens (tertiary/aromatic N) is 3. The molecule has 0 unspecified atom stereocenters. The first-order valence-electron chi connectivity index (χ1n) is 9.37. The molecule has 144 valence electrons. The van der Waals surface area contributed by atoms with E-state index in [1.54, 1.807) is 25.6 Å². The third-order valence-corrected chi connectivity index (χ3v) is 5.49. The maximum absolute atomic E-state index is 12.8. The van der Waals surface area contributed by atoms with Gasteiger partial charge in [-0.2, -0.15) is 4.98 Å². The van der Waals surface area contributed by atoms with Crippen LogP contribution in [0.1, 0.15) is 43.5 Å². The van der Waals surface area contributed by atoms with Gasteiger partial charge in [-0.3, -0.25) is 9.78 Å². The zero-order valence-corrected chi connectivity index (χ0v) is 16.2. The van der Waals surface area contributed by atoms with Crippen LogP contribution in [0.5, 0.6) is 5.75 Å². The molecule has 3 aromatic rings. The Kier molecular flexibility index (Phi) is 4.58. The van der Waals surface area contributed by atoms with E-state index in [-0.39, 0.29) is 11.3 Å². The Morgan fingerprint density at radius 1 is 1.21 bits per heavy atom. The third kappa shape index (κ3) is 3.02. The highest BCUT2D eigenvalue weighted by Crippen LogP contribution is 2.37. The van der Waals surface area contributed by atoms with Gasteiger partial charge >= 0.3 is 0 Å². The van der Waals surface area contributed by atoms with Crippen molar-refractivity contribution in [3.8, 4) is 28.6 Å². The minimum Gasteiger partial charge on any atom is -0.494 e. The van der Waals surface area contributed by atoms with Crippen molar-refractivity contribution in [2.24, 2.45) is 0 Å². The lowest BCUT2D eigenvalue weighted by atomic mass is 9.81. The van der Waals surface area contributed by atoms with Crippen LogP contribution in [0, 0.1) is 0 Å². The standard InChI is InChI=1S/C21H22N4O3/c1-4-21(5-2)11-17(26)15-10-13(6-7-16(15)24-21)20-23-19(25-28-20)14-8-9-22-12-18(14)27-3/h6-10,12,24H,4-5,11H2,1-3H3. The normalized spacial score (nSPS) is 15.0. The molecule has 1 aromatic carbocycles. The number of carbonyl (C=O) groups excluding carboxylic acids is 1. The Morgan fingerprint density at radius 3 is 2.79 bits per heavy atom. The first kappa shape index (κ1) is 18.2. The quantitative estimate of drug-likeness (QED) is 0.705. The molecule has 2 aromatic heterocycles. The second kappa shape index (κ2) is 7.07. The second-order valence-electron chi connectivity index (χ2n) is 6.97. The molecule has 0 aliphatic carbocycles. The molecule has 1 aliphatic heterocycles. The maximum atomic E-state index is 12.8. The number of methoxy groups -OCH3 is 1. The highest BCUT2D eigenvalue weighted by atomic mass is 16.5. The van der Waals surface area contributed by atoms with Gasteiger partial charge in [0.25, 0.3) is 5.89 Å². The molecule has 0 fully saturated rings. The van der Waals surface area contributed by atoms with Crippen LogP contribution < -0.4 is 10.1 Å². The number of hydrogen-bond donors (Lipinski definition) is 1. The topological polar surface area (TPSA) is 90.1 Å². The number of benzene rings is 1. The van der Waals surface area contributed by atoms with Gasteiger partial charge in [0.1, 0.15) is 5.75 Å². The summed E-state index contributed by atoms with van der Waals surface area (Å²) in [6, 6.07) is 7.39. The van der Waals surface area contributed by atoms with E-state index in [1.807, 2.05) is 18.2 Å². The summed E-state index contributed by atoms with van der Waals surface area (Å²) >= 11 is 0. The van der Waals surface area contributed by atoms with Crippen LogP contribution in [0.15, 0.2) is 41.2 Å². The fourth-order valence-corrected chi connectivity index (χ4v) is 3.60. The van der Waals surface area contributed by atoms with Gasteiger partial charge < -0.3 is 14.6 Å². The van der Waals surface area contributed by atoms with E-state index < -0.39 is 0 Å². The number of ether oxygens (including phenoxy) is 1. The number of nitrogens with one attached hydrogen (secondary N) is 1. The van der Waals surface area contributed by atoms with Crippen molar-refractivity contribution in [2.75, 3.05) is 12.4 Å². The van der Waals surface area contributed by atoms with Crippen LogP contribution in [0.3, 0.4) is 0 Å².